The predicted molar refractivity (Wildman–Crippen MR) is 106 cm³/mol. The Labute approximate surface area is 160 Å². The van der Waals surface area contributed by atoms with Crippen LogP contribution in [0.15, 0.2) is 42.5 Å². The Balaban J connectivity index is 1.72. The number of fused-ring (bicyclic) bond motifs is 1. The second-order valence-electron chi connectivity index (χ2n) is 7.39. The van der Waals surface area contributed by atoms with Gasteiger partial charge in [-0.3, -0.25) is 4.79 Å². The van der Waals surface area contributed by atoms with Gasteiger partial charge in [-0.25, -0.2) is 0 Å². The van der Waals surface area contributed by atoms with E-state index in [1.54, 1.807) is 9.80 Å². The number of nitrogens with one attached hydrogen (secondary N) is 1. The minimum Gasteiger partial charge on any atom is -0.316 e. The molecule has 0 bridgehead atoms. The number of piperidine rings is 1. The first kappa shape index (κ1) is 17.6. The number of benzene rings is 2. The van der Waals surface area contributed by atoms with Crippen molar-refractivity contribution in [1.29, 1.82) is 5.26 Å². The first-order valence-electron chi connectivity index (χ1n) is 9.51. The summed E-state index contributed by atoms with van der Waals surface area (Å²) in [6.45, 7) is 2.98. The highest BCUT2D eigenvalue weighted by molar-refractivity contribution is 5.96. The van der Waals surface area contributed by atoms with E-state index < -0.39 is 0 Å². The van der Waals surface area contributed by atoms with Gasteiger partial charge in [0.15, 0.2) is 6.19 Å². The van der Waals surface area contributed by atoms with Crippen molar-refractivity contribution in [2.45, 2.75) is 25.9 Å². The molecule has 0 spiro atoms. The second kappa shape index (κ2) is 7.42. The standard InChI is InChI=1S/C22H24N4O/c1-25(22(27)17-8-5-9-24-12-17)19-10-18-13-26(15-23)14-21(18)20(11-19)16-6-3-2-4-7-16/h2-4,6-7,10-11,17,24H,5,8-9,12-14H2,1H3/t17-/m1/s1. The lowest BCUT2D eigenvalue weighted by Crippen LogP contribution is -2.41. The van der Waals surface area contributed by atoms with Crippen LogP contribution in [-0.2, 0) is 17.9 Å². The zero-order chi connectivity index (χ0) is 18.8. The van der Waals surface area contributed by atoms with Crippen molar-refractivity contribution in [3.05, 3.63) is 53.6 Å². The van der Waals surface area contributed by atoms with E-state index in [0.717, 1.165) is 48.3 Å². The van der Waals surface area contributed by atoms with Gasteiger partial charge >= 0.3 is 0 Å². The maximum Gasteiger partial charge on any atom is 0.231 e. The van der Waals surface area contributed by atoms with E-state index in [4.69, 9.17) is 0 Å². The summed E-state index contributed by atoms with van der Waals surface area (Å²) in [5.41, 5.74) is 5.46. The van der Waals surface area contributed by atoms with Gasteiger partial charge in [-0.2, -0.15) is 5.26 Å². The van der Waals surface area contributed by atoms with Crippen molar-refractivity contribution in [1.82, 2.24) is 10.2 Å². The molecule has 2 heterocycles. The number of rotatable bonds is 3. The topological polar surface area (TPSA) is 59.4 Å². The van der Waals surface area contributed by atoms with Crippen LogP contribution in [0.2, 0.25) is 0 Å². The molecule has 2 aromatic rings. The van der Waals surface area contributed by atoms with Gasteiger partial charge < -0.3 is 15.1 Å². The lowest BCUT2D eigenvalue weighted by molar-refractivity contribution is -0.122. The Bertz CT molecular complexity index is 881. The number of amides is 1. The molecule has 5 nitrogen and oxygen atoms in total. The predicted octanol–water partition coefficient (Wildman–Crippen LogP) is 3.11. The maximum atomic E-state index is 13.0. The van der Waals surface area contributed by atoms with Crippen LogP contribution in [0.5, 0.6) is 0 Å². The van der Waals surface area contributed by atoms with Crippen LogP contribution in [-0.4, -0.2) is 30.9 Å². The lowest BCUT2D eigenvalue weighted by atomic mass is 9.94. The van der Waals surface area contributed by atoms with E-state index in [2.05, 4.69) is 35.8 Å². The molecule has 5 heteroatoms. The molecule has 1 N–H and O–H groups in total. The fraction of sp³-hybridized carbons (Fsp3) is 0.364. The van der Waals surface area contributed by atoms with E-state index >= 15 is 0 Å². The first-order valence-corrected chi connectivity index (χ1v) is 9.51. The Kier molecular flexibility index (Phi) is 4.83. The van der Waals surface area contributed by atoms with Crippen LogP contribution in [0, 0.1) is 17.4 Å². The molecule has 1 amide bonds. The Hall–Kier alpha value is -2.84. The molecule has 0 aliphatic carbocycles. The minimum atomic E-state index is 0.0350. The summed E-state index contributed by atoms with van der Waals surface area (Å²) in [5, 5.41) is 12.7. The van der Waals surface area contributed by atoms with Crippen LogP contribution in [0.1, 0.15) is 24.0 Å². The summed E-state index contributed by atoms with van der Waals surface area (Å²) in [4.78, 5) is 16.5. The van der Waals surface area contributed by atoms with Gasteiger partial charge in [-0.05, 0) is 53.8 Å². The molecule has 2 aliphatic heterocycles. The molecule has 0 aromatic heterocycles. The van der Waals surface area contributed by atoms with E-state index in [-0.39, 0.29) is 11.8 Å². The van der Waals surface area contributed by atoms with Crippen LogP contribution in [0.4, 0.5) is 5.69 Å². The van der Waals surface area contributed by atoms with Crippen molar-refractivity contribution < 1.29 is 4.79 Å². The molecule has 4 rings (SSSR count). The molecule has 1 saturated heterocycles. The highest BCUT2D eigenvalue weighted by Crippen LogP contribution is 2.36. The lowest BCUT2D eigenvalue weighted by Gasteiger charge is -2.28. The zero-order valence-electron chi connectivity index (χ0n) is 15.6. The summed E-state index contributed by atoms with van der Waals surface area (Å²) < 4.78 is 0. The number of carbonyl (C=O) groups excluding carboxylic acids is 1. The molecule has 1 fully saturated rings. The molecule has 0 saturated carbocycles. The van der Waals surface area contributed by atoms with Crippen molar-refractivity contribution >= 4 is 11.6 Å². The number of hydrogen-bond acceptors (Lipinski definition) is 4. The number of nitriles is 1. The van der Waals surface area contributed by atoms with Crippen LogP contribution in [0.3, 0.4) is 0 Å². The molecule has 0 unspecified atom stereocenters. The average Bonchev–Trinajstić information content (AvgIpc) is 3.16. The van der Waals surface area contributed by atoms with Gasteiger partial charge in [0.25, 0.3) is 0 Å². The molecule has 1 atom stereocenters. The van der Waals surface area contributed by atoms with Crippen LogP contribution < -0.4 is 10.2 Å². The highest BCUT2D eigenvalue weighted by atomic mass is 16.2. The number of nitrogens with zero attached hydrogens (tertiary/aromatic N) is 3. The molecular formula is C22H24N4O. The summed E-state index contributed by atoms with van der Waals surface area (Å²) >= 11 is 0. The number of anilines is 1. The molecule has 2 aliphatic rings. The van der Waals surface area contributed by atoms with Gasteiger partial charge in [0, 0.05) is 19.3 Å². The van der Waals surface area contributed by atoms with Gasteiger partial charge in [0.1, 0.15) is 0 Å². The van der Waals surface area contributed by atoms with Gasteiger partial charge in [-0.15, -0.1) is 0 Å². The molecule has 138 valence electrons. The summed E-state index contributed by atoms with van der Waals surface area (Å²) in [7, 11) is 1.87. The van der Waals surface area contributed by atoms with E-state index in [0.29, 0.717) is 13.1 Å². The first-order chi connectivity index (χ1) is 13.2. The Morgan fingerprint density at radius 2 is 2.07 bits per heavy atom. The van der Waals surface area contributed by atoms with E-state index in [1.165, 1.54) is 5.56 Å². The largest absolute Gasteiger partial charge is 0.316 e. The quantitative estimate of drug-likeness (QED) is 0.855. The third-order valence-corrected chi connectivity index (χ3v) is 5.63. The Morgan fingerprint density at radius 3 is 2.78 bits per heavy atom. The van der Waals surface area contributed by atoms with Crippen LogP contribution >= 0.6 is 0 Å². The van der Waals surface area contributed by atoms with Crippen molar-refractivity contribution in [2.75, 3.05) is 25.0 Å². The van der Waals surface area contributed by atoms with Crippen molar-refractivity contribution in [3.63, 3.8) is 0 Å². The summed E-state index contributed by atoms with van der Waals surface area (Å²) in [6.07, 6.45) is 4.24. The van der Waals surface area contributed by atoms with Crippen LogP contribution in [0.25, 0.3) is 11.1 Å². The highest BCUT2D eigenvalue weighted by Gasteiger charge is 2.27. The molecule has 0 radical (unpaired) electrons. The SMILES string of the molecule is CN(C(=O)[C@@H]1CCCNC1)c1cc2c(c(-c3ccccc3)c1)CN(C#N)C2. The monoisotopic (exact) mass is 360 g/mol. The second-order valence-corrected chi connectivity index (χ2v) is 7.39. The fourth-order valence-electron chi connectivity index (χ4n) is 4.10. The van der Waals surface area contributed by atoms with Gasteiger partial charge in [0.2, 0.25) is 5.91 Å². The normalized spacial score (nSPS) is 18.7. The van der Waals surface area contributed by atoms with Gasteiger partial charge in [0.05, 0.1) is 19.0 Å². The molecule has 27 heavy (non-hydrogen) atoms. The Morgan fingerprint density at radius 1 is 1.26 bits per heavy atom. The third-order valence-electron chi connectivity index (χ3n) is 5.63. The number of hydrogen-bond donors (Lipinski definition) is 1. The van der Waals surface area contributed by atoms with E-state index in [9.17, 15) is 10.1 Å². The third kappa shape index (κ3) is 3.41. The maximum absolute atomic E-state index is 13.0. The smallest absolute Gasteiger partial charge is 0.231 e. The summed E-state index contributed by atoms with van der Waals surface area (Å²) in [5.74, 6) is 0.198. The fourth-order valence-corrected chi connectivity index (χ4v) is 4.10. The van der Waals surface area contributed by atoms with Crippen molar-refractivity contribution in [3.8, 4) is 17.3 Å². The molecular weight excluding hydrogens is 336 g/mol. The zero-order valence-corrected chi connectivity index (χ0v) is 15.6. The average molecular weight is 360 g/mol. The summed E-state index contributed by atoms with van der Waals surface area (Å²) in [6, 6.07) is 14.4. The van der Waals surface area contributed by atoms with E-state index in [1.807, 2.05) is 25.2 Å². The molecule has 2 aromatic carbocycles. The number of carbonyl (C=O) groups is 1. The van der Waals surface area contributed by atoms with Gasteiger partial charge in [-0.1, -0.05) is 30.3 Å². The van der Waals surface area contributed by atoms with Crippen molar-refractivity contribution in [2.24, 2.45) is 5.92 Å². The minimum absolute atomic E-state index is 0.0350.